The molecule has 27 heavy (non-hydrogen) atoms. The van der Waals surface area contributed by atoms with Gasteiger partial charge in [-0.05, 0) is 48.0 Å². The fraction of sp³-hybridized carbons (Fsp3) is 0.182. The first kappa shape index (κ1) is 18.5. The quantitative estimate of drug-likeness (QED) is 0.641. The molecule has 0 saturated heterocycles. The summed E-state index contributed by atoms with van der Waals surface area (Å²) in [5, 5.41) is 6.27. The standard InChI is InChI=1S/C22H23N3O2/c1-15(2)22(26)25-19-6-4-5-16(11-19)17-12-20(14-23-13-17)24-18-7-9-21(27-3)10-8-18/h4-15,24H,1-3H3,(H,25,26). The molecule has 5 nitrogen and oxygen atoms in total. The number of aromatic nitrogens is 1. The van der Waals surface area contributed by atoms with Crippen LogP contribution in [0, 0.1) is 5.92 Å². The van der Waals surface area contributed by atoms with Gasteiger partial charge in [0, 0.05) is 29.1 Å². The average Bonchev–Trinajstić information content (AvgIpc) is 2.69. The zero-order chi connectivity index (χ0) is 19.2. The Morgan fingerprint density at radius 2 is 1.67 bits per heavy atom. The van der Waals surface area contributed by atoms with Crippen LogP contribution in [0.1, 0.15) is 13.8 Å². The van der Waals surface area contributed by atoms with E-state index in [1.165, 1.54) is 0 Å². The first-order chi connectivity index (χ1) is 13.0. The van der Waals surface area contributed by atoms with Gasteiger partial charge in [-0.3, -0.25) is 9.78 Å². The van der Waals surface area contributed by atoms with Crippen molar-refractivity contribution >= 4 is 23.0 Å². The Morgan fingerprint density at radius 1 is 0.926 bits per heavy atom. The normalized spacial score (nSPS) is 10.5. The number of carbonyl (C=O) groups excluding carboxylic acids is 1. The van der Waals surface area contributed by atoms with Gasteiger partial charge < -0.3 is 15.4 Å². The van der Waals surface area contributed by atoms with Gasteiger partial charge >= 0.3 is 0 Å². The number of hydrogen-bond donors (Lipinski definition) is 2. The summed E-state index contributed by atoms with van der Waals surface area (Å²) in [4.78, 5) is 16.3. The van der Waals surface area contributed by atoms with Crippen LogP contribution in [-0.4, -0.2) is 18.0 Å². The van der Waals surface area contributed by atoms with Crippen molar-refractivity contribution in [3.05, 3.63) is 67.0 Å². The largest absolute Gasteiger partial charge is 0.497 e. The summed E-state index contributed by atoms with van der Waals surface area (Å²) in [6, 6.07) is 17.5. The molecule has 0 spiro atoms. The third-order valence-electron chi connectivity index (χ3n) is 4.10. The Labute approximate surface area is 159 Å². The van der Waals surface area contributed by atoms with Gasteiger partial charge in [-0.1, -0.05) is 26.0 Å². The number of nitrogens with zero attached hydrogens (tertiary/aromatic N) is 1. The maximum absolute atomic E-state index is 11.9. The summed E-state index contributed by atoms with van der Waals surface area (Å²) in [7, 11) is 1.65. The maximum atomic E-state index is 11.9. The number of hydrogen-bond acceptors (Lipinski definition) is 4. The van der Waals surface area contributed by atoms with Gasteiger partial charge in [0.05, 0.1) is 19.0 Å². The van der Waals surface area contributed by atoms with Crippen molar-refractivity contribution in [1.29, 1.82) is 0 Å². The fourth-order valence-corrected chi connectivity index (χ4v) is 2.57. The smallest absolute Gasteiger partial charge is 0.226 e. The van der Waals surface area contributed by atoms with E-state index in [2.05, 4.69) is 15.6 Å². The summed E-state index contributed by atoms with van der Waals surface area (Å²) in [6.45, 7) is 3.74. The first-order valence-electron chi connectivity index (χ1n) is 8.82. The average molecular weight is 361 g/mol. The Morgan fingerprint density at radius 3 is 2.37 bits per heavy atom. The lowest BCUT2D eigenvalue weighted by Crippen LogP contribution is -2.17. The van der Waals surface area contributed by atoms with Gasteiger partial charge in [0.25, 0.3) is 0 Å². The van der Waals surface area contributed by atoms with E-state index in [0.29, 0.717) is 0 Å². The van der Waals surface area contributed by atoms with Gasteiger partial charge in [-0.2, -0.15) is 0 Å². The summed E-state index contributed by atoms with van der Waals surface area (Å²) in [5.74, 6) is 0.750. The number of rotatable bonds is 6. The Kier molecular flexibility index (Phi) is 5.71. The first-order valence-corrected chi connectivity index (χ1v) is 8.82. The third kappa shape index (κ3) is 4.85. The zero-order valence-corrected chi connectivity index (χ0v) is 15.7. The number of amides is 1. The molecular weight excluding hydrogens is 338 g/mol. The molecule has 3 aromatic rings. The lowest BCUT2D eigenvalue weighted by atomic mass is 10.1. The molecule has 1 heterocycles. The molecule has 0 saturated carbocycles. The molecule has 1 amide bonds. The zero-order valence-electron chi connectivity index (χ0n) is 15.7. The van der Waals surface area contributed by atoms with Gasteiger partial charge in [0.2, 0.25) is 5.91 Å². The molecule has 0 radical (unpaired) electrons. The van der Waals surface area contributed by atoms with Crippen molar-refractivity contribution in [3.8, 4) is 16.9 Å². The van der Waals surface area contributed by atoms with E-state index in [1.807, 2.05) is 74.6 Å². The van der Waals surface area contributed by atoms with E-state index in [4.69, 9.17) is 4.74 Å². The molecule has 0 aliphatic rings. The number of methoxy groups -OCH3 is 1. The number of nitrogens with one attached hydrogen (secondary N) is 2. The number of ether oxygens (including phenoxy) is 1. The highest BCUT2D eigenvalue weighted by atomic mass is 16.5. The third-order valence-corrected chi connectivity index (χ3v) is 4.10. The predicted octanol–water partition coefficient (Wildman–Crippen LogP) is 5.10. The molecule has 0 bridgehead atoms. The lowest BCUT2D eigenvalue weighted by Gasteiger charge is -2.11. The minimum atomic E-state index is -0.0626. The highest BCUT2D eigenvalue weighted by Gasteiger charge is 2.08. The molecule has 1 aromatic heterocycles. The molecule has 0 aliphatic heterocycles. The van der Waals surface area contributed by atoms with Crippen molar-refractivity contribution < 1.29 is 9.53 Å². The van der Waals surface area contributed by atoms with Crippen molar-refractivity contribution in [2.24, 2.45) is 5.92 Å². The van der Waals surface area contributed by atoms with Crippen LogP contribution in [0.15, 0.2) is 67.0 Å². The minimum absolute atomic E-state index is 0.000183. The van der Waals surface area contributed by atoms with E-state index in [0.717, 1.165) is 33.9 Å². The van der Waals surface area contributed by atoms with Crippen LogP contribution in [0.5, 0.6) is 5.75 Å². The van der Waals surface area contributed by atoms with E-state index >= 15 is 0 Å². The Balaban J connectivity index is 1.79. The second kappa shape index (κ2) is 8.36. The second-order valence-corrected chi connectivity index (χ2v) is 6.54. The predicted molar refractivity (Wildman–Crippen MR) is 109 cm³/mol. The van der Waals surface area contributed by atoms with Crippen LogP contribution in [0.3, 0.4) is 0 Å². The van der Waals surface area contributed by atoms with E-state index in [-0.39, 0.29) is 11.8 Å². The molecule has 2 N–H and O–H groups in total. The number of pyridine rings is 1. The molecular formula is C22H23N3O2. The van der Waals surface area contributed by atoms with Crippen LogP contribution in [0.4, 0.5) is 17.1 Å². The topological polar surface area (TPSA) is 63.2 Å². The number of anilines is 3. The summed E-state index contributed by atoms with van der Waals surface area (Å²) in [6.07, 6.45) is 3.58. The van der Waals surface area contributed by atoms with E-state index < -0.39 is 0 Å². The molecule has 0 atom stereocenters. The number of benzene rings is 2. The highest BCUT2D eigenvalue weighted by Crippen LogP contribution is 2.26. The van der Waals surface area contributed by atoms with E-state index in [1.54, 1.807) is 13.3 Å². The molecule has 5 heteroatoms. The van der Waals surface area contributed by atoms with Crippen molar-refractivity contribution in [1.82, 2.24) is 4.98 Å². The number of carbonyl (C=O) groups is 1. The van der Waals surface area contributed by atoms with Gasteiger partial charge in [-0.25, -0.2) is 0 Å². The molecule has 0 fully saturated rings. The van der Waals surface area contributed by atoms with Gasteiger partial charge in [-0.15, -0.1) is 0 Å². The van der Waals surface area contributed by atoms with Crippen LogP contribution >= 0.6 is 0 Å². The highest BCUT2D eigenvalue weighted by molar-refractivity contribution is 5.92. The molecule has 138 valence electrons. The summed E-state index contributed by atoms with van der Waals surface area (Å²) in [5.41, 5.74) is 4.57. The Hall–Kier alpha value is -3.34. The van der Waals surface area contributed by atoms with E-state index in [9.17, 15) is 4.79 Å². The molecule has 2 aromatic carbocycles. The van der Waals surface area contributed by atoms with Crippen LogP contribution in [0.2, 0.25) is 0 Å². The van der Waals surface area contributed by atoms with Crippen molar-refractivity contribution in [2.45, 2.75) is 13.8 Å². The maximum Gasteiger partial charge on any atom is 0.226 e. The van der Waals surface area contributed by atoms with Gasteiger partial charge in [0.1, 0.15) is 5.75 Å². The van der Waals surface area contributed by atoms with Crippen LogP contribution in [-0.2, 0) is 4.79 Å². The SMILES string of the molecule is COc1ccc(Nc2cncc(-c3cccc(NC(=O)C(C)C)c3)c2)cc1. The monoisotopic (exact) mass is 361 g/mol. The van der Waals surface area contributed by atoms with Crippen LogP contribution < -0.4 is 15.4 Å². The minimum Gasteiger partial charge on any atom is -0.497 e. The second-order valence-electron chi connectivity index (χ2n) is 6.54. The Bertz CT molecular complexity index is 921. The molecule has 3 rings (SSSR count). The summed E-state index contributed by atoms with van der Waals surface area (Å²) >= 11 is 0. The summed E-state index contributed by atoms with van der Waals surface area (Å²) < 4.78 is 5.18. The van der Waals surface area contributed by atoms with Gasteiger partial charge in [0.15, 0.2) is 0 Å². The fourth-order valence-electron chi connectivity index (χ4n) is 2.57. The lowest BCUT2D eigenvalue weighted by molar-refractivity contribution is -0.118. The van der Waals surface area contributed by atoms with Crippen molar-refractivity contribution in [3.63, 3.8) is 0 Å². The molecule has 0 aliphatic carbocycles. The molecule has 0 unspecified atom stereocenters. The van der Waals surface area contributed by atoms with Crippen LogP contribution in [0.25, 0.3) is 11.1 Å². The van der Waals surface area contributed by atoms with Crippen molar-refractivity contribution in [2.75, 3.05) is 17.7 Å².